The molecular formula is C63H61N15O2. The van der Waals surface area contributed by atoms with Gasteiger partial charge in [-0.2, -0.15) is 20.7 Å². The normalized spacial score (nSPS) is 17.6. The van der Waals surface area contributed by atoms with Crippen LogP contribution < -0.4 is 15.1 Å². The Balaban J connectivity index is 0.000000160. The molecule has 7 heterocycles. The minimum absolute atomic E-state index is 0.144. The summed E-state index contributed by atoms with van der Waals surface area (Å²) >= 11 is 0. The van der Waals surface area contributed by atoms with Gasteiger partial charge in [0.25, 0.3) is 0 Å². The summed E-state index contributed by atoms with van der Waals surface area (Å²) in [5.41, 5.74) is 13.1. The molecule has 2 saturated heterocycles. The Morgan fingerprint density at radius 2 is 1.05 bits per heavy atom. The molecule has 1 amide bonds. The van der Waals surface area contributed by atoms with Crippen molar-refractivity contribution in [1.82, 2.24) is 60.0 Å². The number of nitrogens with zero attached hydrogens (tertiary/aromatic N) is 13. The van der Waals surface area contributed by atoms with Crippen LogP contribution in [0.2, 0.25) is 0 Å². The summed E-state index contributed by atoms with van der Waals surface area (Å²) in [6, 6.07) is 44.9. The summed E-state index contributed by atoms with van der Waals surface area (Å²) in [4.78, 5) is 29.0. The number of nitriles is 1. The van der Waals surface area contributed by atoms with E-state index < -0.39 is 5.60 Å². The molecule has 0 saturated carbocycles. The number of hydrogen-bond acceptors (Lipinski definition) is 13. The van der Waals surface area contributed by atoms with Crippen LogP contribution in [0.5, 0.6) is 0 Å². The average Bonchev–Trinajstić information content (AvgIpc) is 4.33. The lowest BCUT2D eigenvalue weighted by Gasteiger charge is -2.45. The van der Waals surface area contributed by atoms with Crippen LogP contribution >= 0.6 is 0 Å². The zero-order valence-corrected chi connectivity index (χ0v) is 45.8. The van der Waals surface area contributed by atoms with Crippen molar-refractivity contribution in [2.75, 3.05) is 36.0 Å². The molecule has 2 aliphatic rings. The lowest BCUT2D eigenvalue weighted by molar-refractivity contribution is 0.0193. The van der Waals surface area contributed by atoms with E-state index in [1.807, 2.05) is 126 Å². The molecule has 0 radical (unpaired) electrons. The number of carbonyl (C=O) groups excluding carboxylic acids is 1. The third-order valence-electron chi connectivity index (χ3n) is 15.2. The van der Waals surface area contributed by atoms with E-state index in [2.05, 4.69) is 146 Å². The average molecular weight is 1060 g/mol. The molecule has 17 heteroatoms. The number of carbonyl (C=O) groups is 1. The molecule has 13 rings (SSSR count). The quantitative estimate of drug-likeness (QED) is 0.154. The lowest BCUT2D eigenvalue weighted by atomic mass is 9.96. The number of ether oxygens (including phenoxy) is 1. The molecular weight excluding hydrogens is 999 g/mol. The van der Waals surface area contributed by atoms with Crippen molar-refractivity contribution in [2.45, 2.75) is 78.2 Å². The van der Waals surface area contributed by atoms with Gasteiger partial charge in [0.1, 0.15) is 5.60 Å². The molecule has 17 nitrogen and oxygen atoms in total. The zero-order chi connectivity index (χ0) is 55.2. The summed E-state index contributed by atoms with van der Waals surface area (Å²) in [6.07, 6.45) is 11.3. The Bertz CT molecular complexity index is 4080. The summed E-state index contributed by atoms with van der Waals surface area (Å²) in [6.45, 7) is 17.7. The fraction of sp³-hybridized carbons (Fsp3) is 0.254. The van der Waals surface area contributed by atoms with Crippen molar-refractivity contribution in [1.29, 1.82) is 5.26 Å². The van der Waals surface area contributed by atoms with Gasteiger partial charge in [-0.05, 0) is 128 Å². The maximum absolute atomic E-state index is 12.7. The van der Waals surface area contributed by atoms with Gasteiger partial charge in [0, 0.05) is 120 Å². The van der Waals surface area contributed by atoms with Crippen molar-refractivity contribution >= 4 is 50.3 Å². The fourth-order valence-electron chi connectivity index (χ4n) is 11.7. The summed E-state index contributed by atoms with van der Waals surface area (Å²) in [5, 5.41) is 41.0. The SMILES string of the molecule is C[C@@H]1CN(C(=O)OC(C)(C)C)C[C@H](C)N1c1ccc(-c2cnc3c(-c4ccc(C#N)c5ccccc45)cnn3c2)cc1.C[C@@H]1CNC[C@H](C)N1c1ccc(-c2cnc3c(-c4ccc(-c5nn[nH]n5)c5ccccc45)cnn3c2)cc1. The van der Waals surface area contributed by atoms with Gasteiger partial charge >= 0.3 is 6.09 Å². The van der Waals surface area contributed by atoms with Crippen LogP contribution in [0.25, 0.3) is 88.7 Å². The number of aromatic nitrogens is 10. The smallest absolute Gasteiger partial charge is 0.410 e. The number of H-pyrrole nitrogens is 1. The maximum Gasteiger partial charge on any atom is 0.410 e. The third kappa shape index (κ3) is 9.79. The first-order valence-corrected chi connectivity index (χ1v) is 27.1. The van der Waals surface area contributed by atoms with Gasteiger partial charge in [-0.1, -0.05) is 84.9 Å². The predicted molar refractivity (Wildman–Crippen MR) is 314 cm³/mol. The van der Waals surface area contributed by atoms with Gasteiger partial charge in [-0.25, -0.2) is 23.8 Å². The van der Waals surface area contributed by atoms with Crippen LogP contribution in [0.3, 0.4) is 0 Å². The van der Waals surface area contributed by atoms with Crippen molar-refractivity contribution in [3.8, 4) is 62.0 Å². The second-order valence-electron chi connectivity index (χ2n) is 21.9. The number of fused-ring (bicyclic) bond motifs is 4. The number of rotatable bonds is 7. The molecule has 4 atom stereocenters. The minimum atomic E-state index is -0.510. The van der Waals surface area contributed by atoms with Crippen molar-refractivity contribution < 1.29 is 9.53 Å². The number of anilines is 2. The molecule has 0 bridgehead atoms. The van der Waals surface area contributed by atoms with E-state index in [0.717, 1.165) is 102 Å². The second kappa shape index (κ2) is 21.0. The highest BCUT2D eigenvalue weighted by molar-refractivity contribution is 6.06. The van der Waals surface area contributed by atoms with Gasteiger partial charge in [0.15, 0.2) is 11.3 Å². The number of tetrazole rings is 1. The van der Waals surface area contributed by atoms with Crippen LogP contribution in [0.1, 0.15) is 54.0 Å². The van der Waals surface area contributed by atoms with Crippen LogP contribution in [-0.4, -0.2) is 117 Å². The summed E-state index contributed by atoms with van der Waals surface area (Å²) in [7, 11) is 0. The first-order valence-electron chi connectivity index (χ1n) is 27.1. The van der Waals surface area contributed by atoms with Crippen LogP contribution in [0.4, 0.5) is 16.2 Å². The molecule has 0 aliphatic carbocycles. The maximum atomic E-state index is 12.7. The number of hydrogen-bond donors (Lipinski definition) is 2. The zero-order valence-electron chi connectivity index (χ0n) is 45.8. The minimum Gasteiger partial charge on any atom is -0.444 e. The Kier molecular flexibility index (Phi) is 13.5. The number of amides is 1. The molecule has 400 valence electrons. The molecule has 11 aromatic rings. The molecule has 2 N–H and O–H groups in total. The molecule has 2 aliphatic heterocycles. The van der Waals surface area contributed by atoms with Crippen molar-refractivity contribution in [2.24, 2.45) is 0 Å². The highest BCUT2D eigenvalue weighted by Crippen LogP contribution is 2.38. The van der Waals surface area contributed by atoms with E-state index in [1.165, 1.54) is 5.69 Å². The first kappa shape index (κ1) is 51.2. The molecule has 6 aromatic carbocycles. The predicted octanol–water partition coefficient (Wildman–Crippen LogP) is 11.5. The van der Waals surface area contributed by atoms with Crippen LogP contribution in [-0.2, 0) is 4.74 Å². The first-order chi connectivity index (χ1) is 38.8. The Morgan fingerprint density at radius 1 is 0.575 bits per heavy atom. The Morgan fingerprint density at radius 3 is 1.55 bits per heavy atom. The number of aromatic amines is 1. The fourth-order valence-corrected chi connectivity index (χ4v) is 11.7. The van der Waals surface area contributed by atoms with Crippen molar-refractivity contribution in [3.05, 3.63) is 164 Å². The second-order valence-corrected chi connectivity index (χ2v) is 21.9. The van der Waals surface area contributed by atoms with E-state index in [1.54, 1.807) is 0 Å². The number of piperazine rings is 2. The largest absolute Gasteiger partial charge is 0.444 e. The topological polar surface area (TPSA) is 187 Å². The van der Waals surface area contributed by atoms with Crippen LogP contribution in [0, 0.1) is 11.3 Å². The molecule has 0 spiro atoms. The Hall–Kier alpha value is -9.53. The van der Waals surface area contributed by atoms with E-state index in [-0.39, 0.29) is 18.2 Å². The van der Waals surface area contributed by atoms with Gasteiger partial charge < -0.3 is 24.8 Å². The van der Waals surface area contributed by atoms with E-state index in [9.17, 15) is 10.1 Å². The van der Waals surface area contributed by atoms with Gasteiger partial charge in [-0.15, -0.1) is 10.2 Å². The standard InChI is InChI=1S/C34H34N6O2.C29H27N9/c1-22-19-38(33(41)42-34(3,4)5)20-23(2)40(22)27-13-10-24(11-14-27)26-17-36-32-31(18-37-39(32)21-26)30-15-12-25(16-35)28-8-6-7-9-29(28)30;1-18-13-30-14-19(2)38(18)22-9-7-20(8-10-22)21-15-31-29-27(16-32-37(29)17-21)25-11-12-26(28-33-35-36-34-28)24-6-4-3-5-23(24)25/h6-15,17-18,21-23H,19-20H2,1-5H3;3-12,15-19,30H,13-14H2,1-2H3,(H,33,34,35,36)/t22-,23+;18-,19+. The van der Waals surface area contributed by atoms with Gasteiger partial charge in [0.05, 0.1) is 24.0 Å². The third-order valence-corrected chi connectivity index (χ3v) is 15.2. The van der Waals surface area contributed by atoms with E-state index in [0.29, 0.717) is 36.6 Å². The number of benzene rings is 6. The monoisotopic (exact) mass is 1060 g/mol. The highest BCUT2D eigenvalue weighted by Gasteiger charge is 2.34. The van der Waals surface area contributed by atoms with Gasteiger partial charge in [0.2, 0.25) is 5.82 Å². The van der Waals surface area contributed by atoms with Crippen molar-refractivity contribution in [3.63, 3.8) is 0 Å². The molecule has 2 fully saturated rings. The van der Waals surface area contributed by atoms with Gasteiger partial charge in [-0.3, -0.25) is 0 Å². The summed E-state index contributed by atoms with van der Waals surface area (Å²) in [5.74, 6) is 0.572. The Labute approximate surface area is 463 Å². The van der Waals surface area contributed by atoms with Crippen LogP contribution in [0.15, 0.2) is 159 Å². The molecule has 5 aromatic heterocycles. The summed E-state index contributed by atoms with van der Waals surface area (Å²) < 4.78 is 9.28. The lowest BCUT2D eigenvalue weighted by Crippen LogP contribution is -2.58. The highest BCUT2D eigenvalue weighted by atomic mass is 16.6. The molecule has 80 heavy (non-hydrogen) atoms. The van der Waals surface area contributed by atoms with E-state index in [4.69, 9.17) is 14.7 Å². The molecule has 0 unspecified atom stereocenters. The number of nitrogens with one attached hydrogen (secondary N) is 2. The van der Waals surface area contributed by atoms with E-state index >= 15 is 0 Å².